The number of nitrogen functional groups attached to an aromatic ring is 2. The number of benzene rings is 1. The van der Waals surface area contributed by atoms with Crippen LogP contribution in [0.2, 0.25) is 0 Å². The molecule has 4 N–H and O–H groups in total. The summed E-state index contributed by atoms with van der Waals surface area (Å²) in [6.07, 6.45) is 2.91. The number of carbonyl (C=O) groups is 1. The number of ether oxygens (including phenoxy) is 3. The Morgan fingerprint density at radius 1 is 1.15 bits per heavy atom. The van der Waals surface area contributed by atoms with Gasteiger partial charge in [-0.3, -0.25) is 0 Å². The fourth-order valence-corrected chi connectivity index (χ4v) is 2.01. The Hall–Kier alpha value is -3.36. The molecule has 2 aromatic rings. The molecule has 0 aliphatic carbocycles. The monoisotopic (exact) mass is 359 g/mol. The molecule has 138 valence electrons. The van der Waals surface area contributed by atoms with E-state index in [9.17, 15) is 4.79 Å². The van der Waals surface area contributed by atoms with Gasteiger partial charge in [-0.1, -0.05) is 6.07 Å². The zero-order valence-electron chi connectivity index (χ0n) is 14.8. The van der Waals surface area contributed by atoms with Crippen LogP contribution in [0.25, 0.3) is 6.08 Å². The molecule has 0 saturated heterocycles. The van der Waals surface area contributed by atoms with E-state index in [0.717, 1.165) is 5.56 Å². The van der Waals surface area contributed by atoms with E-state index in [-0.39, 0.29) is 30.4 Å². The maximum Gasteiger partial charge on any atom is 0.331 e. The Balaban J connectivity index is 1.98. The third-order valence-corrected chi connectivity index (χ3v) is 3.02. The molecule has 0 amide bonds. The summed E-state index contributed by atoms with van der Waals surface area (Å²) in [5, 5.41) is 0. The first-order valence-corrected chi connectivity index (χ1v) is 7.83. The molecule has 26 heavy (non-hydrogen) atoms. The number of rotatable bonds is 7. The highest BCUT2D eigenvalue weighted by atomic mass is 16.5. The number of anilines is 2. The number of methoxy groups -OCH3 is 1. The minimum Gasteiger partial charge on any atom is -0.493 e. The summed E-state index contributed by atoms with van der Waals surface area (Å²) in [7, 11) is 1.55. The van der Waals surface area contributed by atoms with Gasteiger partial charge in [-0.15, -0.1) is 0 Å². The summed E-state index contributed by atoms with van der Waals surface area (Å²) >= 11 is 0. The van der Waals surface area contributed by atoms with Crippen LogP contribution in [-0.2, 0) is 16.1 Å². The molecule has 0 aliphatic heterocycles. The summed E-state index contributed by atoms with van der Waals surface area (Å²) in [5.41, 5.74) is 11.7. The lowest BCUT2D eigenvalue weighted by Crippen LogP contribution is -2.09. The third kappa shape index (κ3) is 5.62. The molecule has 0 bridgehead atoms. The second kappa shape index (κ2) is 8.65. The Bertz CT molecular complexity index is 787. The van der Waals surface area contributed by atoms with Gasteiger partial charge in [0.15, 0.2) is 23.9 Å². The van der Waals surface area contributed by atoms with Crippen molar-refractivity contribution < 1.29 is 19.0 Å². The minimum atomic E-state index is -0.566. The lowest BCUT2D eigenvalue weighted by atomic mass is 10.2. The van der Waals surface area contributed by atoms with Crippen molar-refractivity contribution in [2.75, 3.05) is 18.6 Å². The van der Waals surface area contributed by atoms with E-state index < -0.39 is 5.97 Å². The molecule has 9 heteroatoms. The molecule has 0 atom stereocenters. The highest BCUT2D eigenvalue weighted by Gasteiger charge is 2.08. The van der Waals surface area contributed by atoms with Gasteiger partial charge in [0.2, 0.25) is 11.9 Å². The number of esters is 1. The van der Waals surface area contributed by atoms with Gasteiger partial charge in [0, 0.05) is 6.08 Å². The van der Waals surface area contributed by atoms with Gasteiger partial charge in [-0.25, -0.2) is 4.79 Å². The van der Waals surface area contributed by atoms with Gasteiger partial charge in [0.05, 0.1) is 13.2 Å². The lowest BCUT2D eigenvalue weighted by molar-refractivity contribution is -0.139. The number of aromatic nitrogens is 3. The quantitative estimate of drug-likeness (QED) is 0.558. The van der Waals surface area contributed by atoms with Gasteiger partial charge in [-0.2, -0.15) is 15.0 Å². The zero-order valence-corrected chi connectivity index (χ0v) is 14.8. The highest BCUT2D eigenvalue weighted by molar-refractivity contribution is 5.87. The van der Waals surface area contributed by atoms with Crippen LogP contribution in [0.3, 0.4) is 0 Å². The molecule has 1 aromatic heterocycles. The maximum absolute atomic E-state index is 11.8. The molecule has 2 rings (SSSR count). The van der Waals surface area contributed by atoms with Crippen LogP contribution in [0, 0.1) is 0 Å². The summed E-state index contributed by atoms with van der Waals surface area (Å²) in [4.78, 5) is 23.1. The topological polar surface area (TPSA) is 135 Å². The van der Waals surface area contributed by atoms with E-state index in [1.807, 2.05) is 13.8 Å². The Morgan fingerprint density at radius 3 is 2.46 bits per heavy atom. The van der Waals surface area contributed by atoms with Gasteiger partial charge in [0.25, 0.3) is 0 Å². The molecule has 1 heterocycles. The number of carbonyl (C=O) groups excluding carboxylic acids is 1. The van der Waals surface area contributed by atoms with E-state index in [1.165, 1.54) is 6.08 Å². The second-order valence-corrected chi connectivity index (χ2v) is 5.49. The molecule has 0 unspecified atom stereocenters. The first-order chi connectivity index (χ1) is 12.4. The molecule has 0 fully saturated rings. The Morgan fingerprint density at radius 2 is 1.85 bits per heavy atom. The van der Waals surface area contributed by atoms with Crippen LogP contribution in [0.15, 0.2) is 24.3 Å². The molecule has 0 aliphatic rings. The molecule has 9 nitrogen and oxygen atoms in total. The third-order valence-electron chi connectivity index (χ3n) is 3.02. The van der Waals surface area contributed by atoms with Gasteiger partial charge >= 0.3 is 5.97 Å². The number of nitrogens with two attached hydrogens (primary N) is 2. The van der Waals surface area contributed by atoms with Crippen LogP contribution in [-0.4, -0.2) is 34.1 Å². The number of nitrogens with zero attached hydrogens (tertiary/aromatic N) is 3. The number of hydrogen-bond acceptors (Lipinski definition) is 9. The molecule has 0 saturated carbocycles. The average Bonchev–Trinajstić information content (AvgIpc) is 2.57. The SMILES string of the molecule is COc1cc(/C=C/C(=O)OCc2nc(N)nc(N)n2)ccc1OC(C)C. The van der Waals surface area contributed by atoms with Crippen molar-refractivity contribution in [3.63, 3.8) is 0 Å². The van der Waals surface area contributed by atoms with Crippen molar-refractivity contribution in [2.24, 2.45) is 0 Å². The van der Waals surface area contributed by atoms with Gasteiger partial charge in [-0.05, 0) is 37.6 Å². The predicted octanol–water partition coefficient (Wildman–Crippen LogP) is 1.59. The van der Waals surface area contributed by atoms with Crippen LogP contribution < -0.4 is 20.9 Å². The van der Waals surface area contributed by atoms with E-state index in [0.29, 0.717) is 11.5 Å². The number of hydrogen-bond donors (Lipinski definition) is 2. The van der Waals surface area contributed by atoms with Crippen molar-refractivity contribution in [2.45, 2.75) is 26.6 Å². The Kier molecular flexibility index (Phi) is 6.31. The fraction of sp³-hybridized carbons (Fsp3) is 0.294. The first-order valence-electron chi connectivity index (χ1n) is 7.83. The molecular weight excluding hydrogens is 338 g/mol. The average molecular weight is 359 g/mol. The van der Waals surface area contributed by atoms with E-state index >= 15 is 0 Å². The van der Waals surface area contributed by atoms with Crippen LogP contribution in [0.4, 0.5) is 11.9 Å². The van der Waals surface area contributed by atoms with Crippen molar-refractivity contribution in [3.8, 4) is 11.5 Å². The fourth-order valence-electron chi connectivity index (χ4n) is 2.01. The molecule has 1 aromatic carbocycles. The van der Waals surface area contributed by atoms with Crippen LogP contribution >= 0.6 is 0 Å². The van der Waals surface area contributed by atoms with E-state index in [4.69, 9.17) is 25.7 Å². The smallest absolute Gasteiger partial charge is 0.331 e. The van der Waals surface area contributed by atoms with Gasteiger partial charge in [0.1, 0.15) is 0 Å². The maximum atomic E-state index is 11.8. The first kappa shape index (κ1) is 19.0. The minimum absolute atomic E-state index is 0.0266. The summed E-state index contributed by atoms with van der Waals surface area (Å²) < 4.78 is 16.0. The van der Waals surface area contributed by atoms with Crippen molar-refractivity contribution in [1.29, 1.82) is 0 Å². The second-order valence-electron chi connectivity index (χ2n) is 5.49. The normalized spacial score (nSPS) is 10.9. The van der Waals surface area contributed by atoms with Crippen LogP contribution in [0.1, 0.15) is 25.2 Å². The van der Waals surface area contributed by atoms with Crippen molar-refractivity contribution in [3.05, 3.63) is 35.7 Å². The Labute approximate surface area is 151 Å². The lowest BCUT2D eigenvalue weighted by Gasteiger charge is -2.13. The summed E-state index contributed by atoms with van der Waals surface area (Å²) in [5.74, 6) is 0.750. The molecule has 0 radical (unpaired) electrons. The summed E-state index contributed by atoms with van der Waals surface area (Å²) in [6.45, 7) is 3.69. The molecular formula is C17H21N5O4. The predicted molar refractivity (Wildman–Crippen MR) is 96.2 cm³/mol. The van der Waals surface area contributed by atoms with Crippen LogP contribution in [0.5, 0.6) is 11.5 Å². The standard InChI is InChI=1S/C17H21N5O4/c1-10(2)26-12-6-4-11(8-13(12)24-3)5-7-15(23)25-9-14-20-16(18)22-17(19)21-14/h4-8,10H,9H2,1-3H3,(H4,18,19,20,21,22)/b7-5+. The zero-order chi connectivity index (χ0) is 19.1. The highest BCUT2D eigenvalue weighted by Crippen LogP contribution is 2.29. The van der Waals surface area contributed by atoms with Crippen molar-refractivity contribution >= 4 is 23.9 Å². The largest absolute Gasteiger partial charge is 0.493 e. The molecule has 0 spiro atoms. The van der Waals surface area contributed by atoms with Gasteiger partial charge < -0.3 is 25.7 Å². The summed E-state index contributed by atoms with van der Waals surface area (Å²) in [6, 6.07) is 5.34. The van der Waals surface area contributed by atoms with E-state index in [1.54, 1.807) is 31.4 Å². The van der Waals surface area contributed by atoms with Crippen molar-refractivity contribution in [1.82, 2.24) is 15.0 Å². The van der Waals surface area contributed by atoms with E-state index in [2.05, 4.69) is 15.0 Å².